The number of methoxy groups -OCH3 is 2. The molecule has 98 valence electrons. The molecule has 1 aromatic carbocycles. The Balaban J connectivity index is 2.38. The number of rotatable bonds is 4. The van der Waals surface area contributed by atoms with Gasteiger partial charge in [-0.1, -0.05) is 0 Å². The van der Waals surface area contributed by atoms with E-state index in [4.69, 9.17) is 9.47 Å². The van der Waals surface area contributed by atoms with Gasteiger partial charge in [0, 0.05) is 6.54 Å². The van der Waals surface area contributed by atoms with Crippen molar-refractivity contribution >= 4 is 6.29 Å². The fraction of sp³-hybridized carbons (Fsp3) is 0.500. The van der Waals surface area contributed by atoms with Crippen LogP contribution in [0.2, 0.25) is 0 Å². The van der Waals surface area contributed by atoms with Crippen molar-refractivity contribution in [2.24, 2.45) is 0 Å². The third-order valence-corrected chi connectivity index (χ3v) is 3.43. The maximum atomic E-state index is 11.1. The Hall–Kier alpha value is -1.55. The summed E-state index contributed by atoms with van der Waals surface area (Å²) in [5.74, 6) is 1.58. The zero-order chi connectivity index (χ0) is 13.0. The van der Waals surface area contributed by atoms with Gasteiger partial charge in [-0.25, -0.2) is 0 Å². The lowest BCUT2D eigenvalue weighted by molar-refractivity contribution is 0.111. The molecule has 1 N–H and O–H groups in total. The zero-order valence-electron chi connectivity index (χ0n) is 10.9. The van der Waals surface area contributed by atoms with Crippen molar-refractivity contribution in [3.8, 4) is 11.5 Å². The van der Waals surface area contributed by atoms with E-state index in [0.29, 0.717) is 23.0 Å². The summed E-state index contributed by atoms with van der Waals surface area (Å²) in [4.78, 5) is 11.1. The van der Waals surface area contributed by atoms with E-state index in [1.54, 1.807) is 14.2 Å². The summed E-state index contributed by atoms with van der Waals surface area (Å²) in [6.07, 6.45) is 3.12. The molecule has 1 atom stereocenters. The molecular formula is C14H19NO3. The van der Waals surface area contributed by atoms with Crippen molar-refractivity contribution in [2.45, 2.75) is 18.8 Å². The largest absolute Gasteiger partial charge is 0.493 e. The Labute approximate surface area is 107 Å². The van der Waals surface area contributed by atoms with E-state index in [1.165, 1.54) is 0 Å². The van der Waals surface area contributed by atoms with Crippen LogP contribution in [0, 0.1) is 0 Å². The fourth-order valence-electron chi connectivity index (χ4n) is 2.48. The van der Waals surface area contributed by atoms with E-state index in [2.05, 4.69) is 5.32 Å². The molecule has 1 aliphatic heterocycles. The molecular weight excluding hydrogens is 230 g/mol. The highest BCUT2D eigenvalue weighted by Gasteiger charge is 2.19. The van der Waals surface area contributed by atoms with Crippen molar-refractivity contribution in [2.75, 3.05) is 27.3 Å². The summed E-state index contributed by atoms with van der Waals surface area (Å²) in [7, 11) is 3.14. The number of carbonyl (C=O) groups excluding carboxylic acids is 1. The fourth-order valence-corrected chi connectivity index (χ4v) is 2.48. The summed E-state index contributed by atoms with van der Waals surface area (Å²) in [5.41, 5.74) is 1.69. The van der Waals surface area contributed by atoms with E-state index in [9.17, 15) is 4.79 Å². The highest BCUT2D eigenvalue weighted by atomic mass is 16.5. The smallest absolute Gasteiger partial charge is 0.171 e. The molecule has 4 heteroatoms. The van der Waals surface area contributed by atoms with Crippen molar-refractivity contribution < 1.29 is 14.3 Å². The average Bonchev–Trinajstić information content (AvgIpc) is 2.46. The Morgan fingerprint density at radius 2 is 2.17 bits per heavy atom. The molecule has 1 aliphatic rings. The number of ether oxygens (including phenoxy) is 2. The zero-order valence-corrected chi connectivity index (χ0v) is 10.9. The second-order valence-corrected chi connectivity index (χ2v) is 4.51. The van der Waals surface area contributed by atoms with E-state index in [0.717, 1.165) is 37.8 Å². The normalized spacial score (nSPS) is 19.3. The lowest BCUT2D eigenvalue weighted by atomic mass is 9.90. The number of piperidine rings is 1. The first-order chi connectivity index (χ1) is 8.80. The quantitative estimate of drug-likeness (QED) is 0.829. The van der Waals surface area contributed by atoms with Crippen molar-refractivity contribution in [1.82, 2.24) is 5.32 Å². The van der Waals surface area contributed by atoms with E-state index < -0.39 is 0 Å². The highest BCUT2D eigenvalue weighted by molar-refractivity contribution is 5.81. The van der Waals surface area contributed by atoms with Crippen LogP contribution in [0.15, 0.2) is 12.1 Å². The van der Waals surface area contributed by atoms with Gasteiger partial charge in [-0.15, -0.1) is 0 Å². The number of aldehydes is 1. The van der Waals surface area contributed by atoms with Crippen LogP contribution in [0.4, 0.5) is 0 Å². The Morgan fingerprint density at radius 1 is 1.33 bits per heavy atom. The average molecular weight is 249 g/mol. The number of benzene rings is 1. The van der Waals surface area contributed by atoms with Gasteiger partial charge in [-0.05, 0) is 43.0 Å². The third-order valence-electron chi connectivity index (χ3n) is 3.43. The predicted molar refractivity (Wildman–Crippen MR) is 69.8 cm³/mol. The van der Waals surface area contributed by atoms with Crippen molar-refractivity contribution in [1.29, 1.82) is 0 Å². The van der Waals surface area contributed by atoms with Crippen LogP contribution in [0.5, 0.6) is 11.5 Å². The Kier molecular flexibility index (Phi) is 4.20. The van der Waals surface area contributed by atoms with Crippen LogP contribution in [0.3, 0.4) is 0 Å². The van der Waals surface area contributed by atoms with Gasteiger partial charge < -0.3 is 14.8 Å². The molecule has 0 aliphatic carbocycles. The third kappa shape index (κ3) is 2.48. The molecule has 18 heavy (non-hydrogen) atoms. The summed E-state index contributed by atoms with van der Waals surface area (Å²) in [5, 5.41) is 3.38. The number of nitrogens with one attached hydrogen (secondary N) is 1. The summed E-state index contributed by atoms with van der Waals surface area (Å²) < 4.78 is 10.5. The molecule has 0 amide bonds. The van der Waals surface area contributed by atoms with E-state index in [-0.39, 0.29) is 0 Å². The van der Waals surface area contributed by atoms with Gasteiger partial charge in [-0.3, -0.25) is 4.79 Å². The van der Waals surface area contributed by atoms with Gasteiger partial charge in [0.1, 0.15) is 0 Å². The molecule has 1 fully saturated rings. The van der Waals surface area contributed by atoms with Crippen LogP contribution in [0.1, 0.15) is 34.7 Å². The molecule has 4 nitrogen and oxygen atoms in total. The van der Waals surface area contributed by atoms with Crippen LogP contribution in [-0.2, 0) is 0 Å². The Morgan fingerprint density at radius 3 is 2.72 bits per heavy atom. The molecule has 1 unspecified atom stereocenters. The highest BCUT2D eigenvalue weighted by Crippen LogP contribution is 2.35. The molecule has 1 heterocycles. The number of hydrogen-bond donors (Lipinski definition) is 1. The maximum Gasteiger partial charge on any atom is 0.171 e. The van der Waals surface area contributed by atoms with Gasteiger partial charge in [0.05, 0.1) is 19.8 Å². The standard InChI is InChI=1S/C14H19NO3/c1-17-13-7-11(10-4-3-5-15-8-10)6-12(9-16)14(13)18-2/h6-7,9-10,15H,3-5,8H2,1-2H3. The van der Waals surface area contributed by atoms with Crippen LogP contribution < -0.4 is 14.8 Å². The van der Waals surface area contributed by atoms with Crippen LogP contribution in [0.25, 0.3) is 0 Å². The maximum absolute atomic E-state index is 11.1. The van der Waals surface area contributed by atoms with E-state index >= 15 is 0 Å². The first-order valence-corrected chi connectivity index (χ1v) is 6.22. The minimum absolute atomic E-state index is 0.442. The van der Waals surface area contributed by atoms with Gasteiger partial charge >= 0.3 is 0 Å². The molecule has 1 aromatic rings. The van der Waals surface area contributed by atoms with Crippen molar-refractivity contribution in [3.05, 3.63) is 23.3 Å². The summed E-state index contributed by atoms with van der Waals surface area (Å²) >= 11 is 0. The van der Waals surface area contributed by atoms with Crippen LogP contribution >= 0.6 is 0 Å². The first kappa shape index (κ1) is 12.9. The number of carbonyl (C=O) groups is 1. The lowest BCUT2D eigenvalue weighted by Crippen LogP contribution is -2.28. The summed E-state index contributed by atoms with van der Waals surface area (Å²) in [6.45, 7) is 2.03. The molecule has 0 saturated carbocycles. The second kappa shape index (κ2) is 5.87. The Bertz CT molecular complexity index is 425. The molecule has 1 saturated heterocycles. The molecule has 0 aromatic heterocycles. The van der Waals surface area contributed by atoms with Gasteiger partial charge in [0.15, 0.2) is 17.8 Å². The molecule has 2 rings (SSSR count). The van der Waals surface area contributed by atoms with Gasteiger partial charge in [-0.2, -0.15) is 0 Å². The topological polar surface area (TPSA) is 47.6 Å². The molecule has 0 bridgehead atoms. The summed E-state index contributed by atoms with van der Waals surface area (Å²) in [6, 6.07) is 3.88. The van der Waals surface area contributed by atoms with Crippen molar-refractivity contribution in [3.63, 3.8) is 0 Å². The minimum Gasteiger partial charge on any atom is -0.493 e. The molecule has 0 radical (unpaired) electrons. The first-order valence-electron chi connectivity index (χ1n) is 6.22. The molecule has 0 spiro atoms. The SMILES string of the molecule is COc1cc(C2CCCNC2)cc(C=O)c1OC. The predicted octanol–water partition coefficient (Wildman–Crippen LogP) is 1.98. The van der Waals surface area contributed by atoms with Crippen LogP contribution in [-0.4, -0.2) is 33.6 Å². The van der Waals surface area contributed by atoms with E-state index in [1.807, 2.05) is 12.1 Å². The minimum atomic E-state index is 0.442. The van der Waals surface area contributed by atoms with Gasteiger partial charge in [0.25, 0.3) is 0 Å². The monoisotopic (exact) mass is 249 g/mol. The lowest BCUT2D eigenvalue weighted by Gasteiger charge is -2.24. The second-order valence-electron chi connectivity index (χ2n) is 4.51. The van der Waals surface area contributed by atoms with Gasteiger partial charge in [0.2, 0.25) is 0 Å². The number of hydrogen-bond acceptors (Lipinski definition) is 4.